The number of carbonyl (C=O) groups excluding carboxylic acids is 2. The van der Waals surface area contributed by atoms with E-state index in [0.29, 0.717) is 15.6 Å². The number of aromatic nitrogens is 1. The standard InChI is InChI=1S/C24H17F4N3O2S3/c25-18-7-2-1-5-15(18)12-19-21(33)31(23(34)36-19)9-8-20(32)30-22-29-13-17(35-22)11-14-4-3-6-16(10-14)24(26,27)28/h1-7,10,12-13H,8-9,11H2,(H,29,30,32)/b19-12+. The molecule has 1 aliphatic heterocycles. The number of thiocarbonyl (C=S) groups is 1. The lowest BCUT2D eigenvalue weighted by Gasteiger charge is -2.13. The van der Waals surface area contributed by atoms with E-state index in [2.05, 4.69) is 10.3 Å². The smallest absolute Gasteiger partial charge is 0.302 e. The number of benzene rings is 2. The van der Waals surface area contributed by atoms with Crippen LogP contribution >= 0.6 is 35.3 Å². The summed E-state index contributed by atoms with van der Waals surface area (Å²) >= 11 is 7.43. The molecule has 0 spiro atoms. The van der Waals surface area contributed by atoms with Gasteiger partial charge in [0.2, 0.25) is 5.91 Å². The van der Waals surface area contributed by atoms with Gasteiger partial charge >= 0.3 is 6.18 Å². The highest BCUT2D eigenvalue weighted by Gasteiger charge is 2.32. The Morgan fingerprint density at radius 1 is 1.17 bits per heavy atom. The van der Waals surface area contributed by atoms with Crippen LogP contribution in [-0.4, -0.2) is 32.6 Å². The maximum atomic E-state index is 13.9. The first-order valence-electron chi connectivity index (χ1n) is 10.5. The van der Waals surface area contributed by atoms with Crippen LogP contribution in [0, 0.1) is 5.82 Å². The number of amides is 2. The van der Waals surface area contributed by atoms with Gasteiger partial charge in [-0.3, -0.25) is 14.5 Å². The number of carbonyl (C=O) groups is 2. The second-order valence-corrected chi connectivity index (χ2v) is 10.5. The molecule has 0 bridgehead atoms. The van der Waals surface area contributed by atoms with Crippen LogP contribution in [0.2, 0.25) is 0 Å². The van der Waals surface area contributed by atoms with Crippen molar-refractivity contribution >= 4 is 62.7 Å². The fourth-order valence-electron chi connectivity index (χ4n) is 3.33. The Morgan fingerprint density at radius 3 is 2.69 bits per heavy atom. The molecule has 2 heterocycles. The Bertz CT molecular complexity index is 1350. The summed E-state index contributed by atoms with van der Waals surface area (Å²) in [4.78, 5) is 31.4. The van der Waals surface area contributed by atoms with E-state index in [1.165, 1.54) is 29.3 Å². The lowest BCUT2D eigenvalue weighted by molar-refractivity contribution is -0.137. The molecular weight excluding hydrogens is 534 g/mol. The van der Waals surface area contributed by atoms with Gasteiger partial charge in [-0.2, -0.15) is 13.2 Å². The zero-order valence-corrected chi connectivity index (χ0v) is 20.8. The Morgan fingerprint density at radius 2 is 1.94 bits per heavy atom. The van der Waals surface area contributed by atoms with Crippen LogP contribution in [0.3, 0.4) is 0 Å². The molecule has 1 aromatic heterocycles. The topological polar surface area (TPSA) is 62.3 Å². The third-order valence-corrected chi connectivity index (χ3v) is 7.35. The number of alkyl halides is 3. The Hall–Kier alpha value is -3.09. The fraction of sp³-hybridized carbons (Fsp3) is 0.167. The number of thioether (sulfide) groups is 1. The van der Waals surface area contributed by atoms with Crippen molar-refractivity contribution in [1.82, 2.24) is 9.88 Å². The third-order valence-electron chi connectivity index (χ3n) is 5.06. The van der Waals surface area contributed by atoms with Crippen LogP contribution in [0.5, 0.6) is 0 Å². The van der Waals surface area contributed by atoms with Crippen LogP contribution in [-0.2, 0) is 22.2 Å². The van der Waals surface area contributed by atoms with Gasteiger partial charge in [-0.15, -0.1) is 11.3 Å². The first-order valence-corrected chi connectivity index (χ1v) is 12.5. The minimum absolute atomic E-state index is 0.0353. The van der Waals surface area contributed by atoms with Gasteiger partial charge in [0.15, 0.2) is 5.13 Å². The monoisotopic (exact) mass is 551 g/mol. The highest BCUT2D eigenvalue weighted by atomic mass is 32.2. The predicted octanol–water partition coefficient (Wildman–Crippen LogP) is 6.12. The molecule has 2 aromatic carbocycles. The van der Waals surface area contributed by atoms with Crippen LogP contribution in [0.15, 0.2) is 59.6 Å². The van der Waals surface area contributed by atoms with Crippen molar-refractivity contribution in [2.75, 3.05) is 11.9 Å². The Balaban J connectivity index is 1.32. The number of hydrogen-bond acceptors (Lipinski definition) is 6. The Labute approximate surface area is 217 Å². The van der Waals surface area contributed by atoms with Gasteiger partial charge in [0.05, 0.1) is 10.5 Å². The van der Waals surface area contributed by atoms with Gasteiger partial charge in [-0.25, -0.2) is 9.37 Å². The maximum absolute atomic E-state index is 13.9. The largest absolute Gasteiger partial charge is 0.416 e. The van der Waals surface area contributed by atoms with E-state index in [1.807, 2.05) is 0 Å². The summed E-state index contributed by atoms with van der Waals surface area (Å²) in [7, 11) is 0. The molecule has 0 saturated carbocycles. The average molecular weight is 552 g/mol. The van der Waals surface area contributed by atoms with E-state index >= 15 is 0 Å². The zero-order valence-electron chi connectivity index (χ0n) is 18.3. The van der Waals surface area contributed by atoms with E-state index < -0.39 is 29.4 Å². The van der Waals surface area contributed by atoms with Crippen molar-refractivity contribution in [2.45, 2.75) is 19.0 Å². The van der Waals surface area contributed by atoms with Crippen LogP contribution < -0.4 is 5.32 Å². The molecular formula is C24H17F4N3O2S3. The minimum Gasteiger partial charge on any atom is -0.302 e. The number of rotatable bonds is 7. The van der Waals surface area contributed by atoms with Crippen molar-refractivity contribution in [3.05, 3.63) is 87.0 Å². The summed E-state index contributed by atoms with van der Waals surface area (Å²) in [6.07, 6.45) is -1.31. The third kappa shape index (κ3) is 6.37. The molecule has 0 unspecified atom stereocenters. The number of thiazole rings is 1. The quantitative estimate of drug-likeness (QED) is 0.218. The number of halogens is 4. The molecule has 0 atom stereocenters. The average Bonchev–Trinajstić information content (AvgIpc) is 3.36. The lowest BCUT2D eigenvalue weighted by Crippen LogP contribution is -2.31. The summed E-state index contributed by atoms with van der Waals surface area (Å²) in [5.74, 6) is -1.27. The molecule has 12 heteroatoms. The first kappa shape index (κ1) is 26.0. The highest BCUT2D eigenvalue weighted by Crippen LogP contribution is 2.33. The molecule has 3 aromatic rings. The highest BCUT2D eigenvalue weighted by molar-refractivity contribution is 8.26. The van der Waals surface area contributed by atoms with Crippen molar-refractivity contribution < 1.29 is 27.2 Å². The summed E-state index contributed by atoms with van der Waals surface area (Å²) in [5.41, 5.74) is 0.0158. The van der Waals surface area contributed by atoms with E-state index in [1.54, 1.807) is 24.3 Å². The van der Waals surface area contributed by atoms with Gasteiger partial charge in [0.1, 0.15) is 10.1 Å². The molecule has 1 fully saturated rings. The molecule has 5 nitrogen and oxygen atoms in total. The van der Waals surface area contributed by atoms with E-state index in [9.17, 15) is 27.2 Å². The molecule has 186 valence electrons. The normalized spacial score (nSPS) is 15.1. The number of hydrogen-bond donors (Lipinski definition) is 1. The predicted molar refractivity (Wildman–Crippen MR) is 136 cm³/mol. The van der Waals surface area contributed by atoms with Gasteiger partial charge in [-0.05, 0) is 23.8 Å². The molecule has 4 rings (SSSR count). The van der Waals surface area contributed by atoms with Crippen LogP contribution in [0.25, 0.3) is 6.08 Å². The van der Waals surface area contributed by atoms with Gasteiger partial charge in [0.25, 0.3) is 5.91 Å². The van der Waals surface area contributed by atoms with Crippen molar-refractivity contribution in [2.24, 2.45) is 0 Å². The molecule has 2 amide bonds. The second-order valence-electron chi connectivity index (χ2n) is 7.66. The summed E-state index contributed by atoms with van der Waals surface area (Å²) in [5, 5.41) is 2.93. The number of nitrogens with one attached hydrogen (secondary N) is 1. The van der Waals surface area contributed by atoms with Gasteiger partial charge in [0, 0.05) is 36.0 Å². The van der Waals surface area contributed by atoms with Crippen LogP contribution in [0.1, 0.15) is 28.0 Å². The van der Waals surface area contributed by atoms with Gasteiger partial charge in [-0.1, -0.05) is 60.4 Å². The molecule has 1 aliphatic rings. The second kappa shape index (κ2) is 10.9. The lowest BCUT2D eigenvalue weighted by atomic mass is 10.1. The summed E-state index contributed by atoms with van der Waals surface area (Å²) < 4.78 is 52.9. The summed E-state index contributed by atoms with van der Waals surface area (Å²) in [6, 6.07) is 11.1. The molecule has 0 aliphatic carbocycles. The van der Waals surface area contributed by atoms with E-state index in [0.717, 1.165) is 35.2 Å². The SMILES string of the molecule is O=C(CCN1C(=O)/C(=C\c2ccccc2F)SC1=S)Nc1ncc(Cc2cccc(C(F)(F)F)c2)s1. The summed E-state index contributed by atoms with van der Waals surface area (Å²) in [6.45, 7) is 0.0353. The Kier molecular flexibility index (Phi) is 7.86. The number of anilines is 1. The molecule has 1 saturated heterocycles. The van der Waals surface area contributed by atoms with E-state index in [-0.39, 0.29) is 34.2 Å². The fourth-order valence-corrected chi connectivity index (χ4v) is 5.49. The molecule has 1 N–H and O–H groups in total. The van der Waals surface area contributed by atoms with Crippen LogP contribution in [0.4, 0.5) is 22.7 Å². The molecule has 36 heavy (non-hydrogen) atoms. The molecule has 0 radical (unpaired) electrons. The number of nitrogens with zero attached hydrogens (tertiary/aromatic N) is 2. The van der Waals surface area contributed by atoms with Crippen molar-refractivity contribution in [3.8, 4) is 0 Å². The zero-order chi connectivity index (χ0) is 25.9. The minimum atomic E-state index is -4.42. The van der Waals surface area contributed by atoms with Crippen molar-refractivity contribution in [1.29, 1.82) is 0 Å². The first-order chi connectivity index (χ1) is 17.1. The van der Waals surface area contributed by atoms with E-state index in [4.69, 9.17) is 12.2 Å². The van der Waals surface area contributed by atoms with Gasteiger partial charge < -0.3 is 5.32 Å². The van der Waals surface area contributed by atoms with Crippen molar-refractivity contribution in [3.63, 3.8) is 0 Å². The maximum Gasteiger partial charge on any atom is 0.416 e.